The number of hydrogen-bond donors (Lipinski definition) is 1. The minimum absolute atomic E-state index is 0. The maximum absolute atomic E-state index is 11.2. The van der Waals surface area contributed by atoms with Crippen LogP contribution >= 0.6 is 12.4 Å². The largest absolute Gasteiger partial charge is 0.465 e. The molecular formula is C12H16ClNO2. The summed E-state index contributed by atoms with van der Waals surface area (Å²) in [6.07, 6.45) is 2.40. The number of benzene rings is 1. The van der Waals surface area contributed by atoms with Gasteiger partial charge in [0.25, 0.3) is 0 Å². The Bertz CT molecular complexity index is 345. The molecule has 1 aromatic rings. The van der Waals surface area contributed by atoms with E-state index in [2.05, 4.69) is 10.1 Å². The molecule has 2 rings (SSSR count). The van der Waals surface area contributed by atoms with Crippen LogP contribution in [-0.2, 0) is 4.74 Å². The maximum atomic E-state index is 11.2. The molecule has 1 atom stereocenters. The van der Waals surface area contributed by atoms with Gasteiger partial charge in [-0.1, -0.05) is 12.1 Å². The van der Waals surface area contributed by atoms with E-state index in [0.29, 0.717) is 11.6 Å². The first-order valence-electron chi connectivity index (χ1n) is 5.23. The van der Waals surface area contributed by atoms with Crippen LogP contribution in [0.25, 0.3) is 0 Å². The van der Waals surface area contributed by atoms with E-state index >= 15 is 0 Å². The lowest BCUT2D eigenvalue weighted by molar-refractivity contribution is 0.0600. The quantitative estimate of drug-likeness (QED) is 0.808. The molecule has 0 spiro atoms. The summed E-state index contributed by atoms with van der Waals surface area (Å²) in [5.41, 5.74) is 1.86. The molecule has 1 fully saturated rings. The average Bonchev–Trinajstić information content (AvgIpc) is 2.82. The predicted octanol–water partition coefficient (Wildman–Crippen LogP) is 2.32. The molecule has 4 heteroatoms. The number of halogens is 1. The standard InChI is InChI=1S/C12H15NO2.ClH/c1-15-12(14)10-6-4-9(5-7-10)11-3-2-8-13-11;/h4-7,11,13H,2-3,8H2,1H3;1H/t11-;/m0./s1. The molecule has 0 saturated carbocycles. The second-order valence-corrected chi connectivity index (χ2v) is 3.76. The van der Waals surface area contributed by atoms with E-state index in [-0.39, 0.29) is 18.4 Å². The number of hydrogen-bond acceptors (Lipinski definition) is 3. The van der Waals surface area contributed by atoms with Crippen molar-refractivity contribution in [2.45, 2.75) is 18.9 Å². The molecule has 1 aliphatic heterocycles. The summed E-state index contributed by atoms with van der Waals surface area (Å²) in [6.45, 7) is 1.09. The first-order chi connectivity index (χ1) is 7.31. The highest BCUT2D eigenvalue weighted by Gasteiger charge is 2.16. The first-order valence-corrected chi connectivity index (χ1v) is 5.23. The summed E-state index contributed by atoms with van der Waals surface area (Å²) < 4.78 is 4.65. The van der Waals surface area contributed by atoms with Crippen molar-refractivity contribution in [1.82, 2.24) is 5.32 Å². The van der Waals surface area contributed by atoms with Crippen LogP contribution < -0.4 is 5.32 Å². The van der Waals surface area contributed by atoms with Crippen molar-refractivity contribution in [2.75, 3.05) is 13.7 Å². The molecule has 0 unspecified atom stereocenters. The molecule has 0 amide bonds. The van der Waals surface area contributed by atoms with Gasteiger partial charge in [0.2, 0.25) is 0 Å². The zero-order chi connectivity index (χ0) is 10.7. The number of carbonyl (C=O) groups excluding carboxylic acids is 1. The summed E-state index contributed by atoms with van der Waals surface area (Å²) in [5.74, 6) is -0.277. The van der Waals surface area contributed by atoms with Crippen molar-refractivity contribution in [1.29, 1.82) is 0 Å². The van der Waals surface area contributed by atoms with Gasteiger partial charge in [-0.25, -0.2) is 4.79 Å². The van der Waals surface area contributed by atoms with Crippen LogP contribution in [0.5, 0.6) is 0 Å². The van der Waals surface area contributed by atoms with Gasteiger partial charge in [0.05, 0.1) is 12.7 Å². The highest BCUT2D eigenvalue weighted by Crippen LogP contribution is 2.23. The zero-order valence-electron chi connectivity index (χ0n) is 9.23. The predicted molar refractivity (Wildman–Crippen MR) is 65.0 cm³/mol. The minimum atomic E-state index is -0.277. The summed E-state index contributed by atoms with van der Waals surface area (Å²) in [6, 6.07) is 8.09. The van der Waals surface area contributed by atoms with Crippen molar-refractivity contribution >= 4 is 18.4 Å². The van der Waals surface area contributed by atoms with Gasteiger partial charge >= 0.3 is 5.97 Å². The van der Waals surface area contributed by atoms with Gasteiger partial charge in [-0.15, -0.1) is 12.4 Å². The third kappa shape index (κ3) is 2.74. The van der Waals surface area contributed by atoms with Crippen molar-refractivity contribution in [3.8, 4) is 0 Å². The highest BCUT2D eigenvalue weighted by molar-refractivity contribution is 5.89. The van der Waals surface area contributed by atoms with Crippen LogP contribution in [0.1, 0.15) is 34.8 Å². The zero-order valence-corrected chi connectivity index (χ0v) is 10.0. The highest BCUT2D eigenvalue weighted by atomic mass is 35.5. The first kappa shape index (κ1) is 13.0. The number of rotatable bonds is 2. The molecule has 16 heavy (non-hydrogen) atoms. The molecule has 1 N–H and O–H groups in total. The van der Waals surface area contributed by atoms with Gasteiger partial charge in [-0.2, -0.15) is 0 Å². The molecule has 3 nitrogen and oxygen atoms in total. The van der Waals surface area contributed by atoms with E-state index in [1.54, 1.807) is 0 Å². The number of nitrogens with one attached hydrogen (secondary N) is 1. The third-order valence-corrected chi connectivity index (χ3v) is 2.79. The van der Waals surface area contributed by atoms with E-state index < -0.39 is 0 Å². The molecule has 0 aliphatic carbocycles. The lowest BCUT2D eigenvalue weighted by atomic mass is 10.0. The lowest BCUT2D eigenvalue weighted by Gasteiger charge is -2.10. The normalized spacial score (nSPS) is 18.9. The van der Waals surface area contributed by atoms with Gasteiger partial charge in [0, 0.05) is 6.04 Å². The molecular weight excluding hydrogens is 226 g/mol. The Morgan fingerprint density at radius 2 is 2.06 bits per heavy atom. The number of esters is 1. The van der Waals surface area contributed by atoms with E-state index in [0.717, 1.165) is 6.54 Å². The Morgan fingerprint density at radius 3 is 2.56 bits per heavy atom. The fraction of sp³-hybridized carbons (Fsp3) is 0.417. The van der Waals surface area contributed by atoms with Gasteiger partial charge < -0.3 is 10.1 Å². The molecule has 1 heterocycles. The van der Waals surface area contributed by atoms with Gasteiger partial charge in [0.15, 0.2) is 0 Å². The fourth-order valence-corrected chi connectivity index (χ4v) is 1.94. The van der Waals surface area contributed by atoms with Crippen LogP contribution in [0, 0.1) is 0 Å². The summed E-state index contributed by atoms with van der Waals surface area (Å²) in [7, 11) is 1.40. The smallest absolute Gasteiger partial charge is 0.337 e. The van der Waals surface area contributed by atoms with E-state index in [1.165, 1.54) is 25.5 Å². The van der Waals surface area contributed by atoms with Crippen LogP contribution in [0.2, 0.25) is 0 Å². The van der Waals surface area contributed by atoms with Crippen molar-refractivity contribution in [3.05, 3.63) is 35.4 Å². The maximum Gasteiger partial charge on any atom is 0.337 e. The molecule has 1 aliphatic rings. The summed E-state index contributed by atoms with van der Waals surface area (Å²) >= 11 is 0. The molecule has 0 radical (unpaired) electrons. The van der Waals surface area contributed by atoms with Crippen LogP contribution in [0.3, 0.4) is 0 Å². The SMILES string of the molecule is COC(=O)c1ccc([C@@H]2CCCN2)cc1.Cl. The Labute approximate surface area is 102 Å². The van der Waals surface area contributed by atoms with Crippen LogP contribution in [-0.4, -0.2) is 19.6 Å². The molecule has 0 aromatic heterocycles. The van der Waals surface area contributed by atoms with E-state index in [1.807, 2.05) is 24.3 Å². The molecule has 0 bridgehead atoms. The Kier molecular flexibility index (Phi) is 4.77. The van der Waals surface area contributed by atoms with Gasteiger partial charge in [0.1, 0.15) is 0 Å². The fourth-order valence-electron chi connectivity index (χ4n) is 1.94. The average molecular weight is 242 g/mol. The second kappa shape index (κ2) is 5.87. The van der Waals surface area contributed by atoms with E-state index in [4.69, 9.17) is 0 Å². The van der Waals surface area contributed by atoms with Crippen molar-refractivity contribution in [3.63, 3.8) is 0 Å². The van der Waals surface area contributed by atoms with Crippen LogP contribution in [0.4, 0.5) is 0 Å². The molecule has 1 aromatic carbocycles. The van der Waals surface area contributed by atoms with Gasteiger partial charge in [-0.05, 0) is 37.1 Å². The summed E-state index contributed by atoms with van der Waals surface area (Å²) in [4.78, 5) is 11.2. The molecule has 1 saturated heterocycles. The minimum Gasteiger partial charge on any atom is -0.465 e. The van der Waals surface area contributed by atoms with Gasteiger partial charge in [-0.3, -0.25) is 0 Å². The lowest BCUT2D eigenvalue weighted by Crippen LogP contribution is -2.13. The van der Waals surface area contributed by atoms with E-state index in [9.17, 15) is 4.79 Å². The third-order valence-electron chi connectivity index (χ3n) is 2.79. The van der Waals surface area contributed by atoms with Crippen molar-refractivity contribution in [2.24, 2.45) is 0 Å². The topological polar surface area (TPSA) is 38.3 Å². The number of ether oxygens (including phenoxy) is 1. The Morgan fingerprint density at radius 1 is 1.38 bits per heavy atom. The van der Waals surface area contributed by atoms with Crippen molar-refractivity contribution < 1.29 is 9.53 Å². The van der Waals surface area contributed by atoms with Crippen LogP contribution in [0.15, 0.2) is 24.3 Å². The number of methoxy groups -OCH3 is 1. The Balaban J connectivity index is 0.00000128. The number of carbonyl (C=O) groups is 1. The Hall–Kier alpha value is -1.06. The molecule has 88 valence electrons. The summed E-state index contributed by atoms with van der Waals surface area (Å²) in [5, 5.41) is 3.42. The monoisotopic (exact) mass is 241 g/mol. The second-order valence-electron chi connectivity index (χ2n) is 3.76.